The molecule has 0 spiro atoms. The summed E-state index contributed by atoms with van der Waals surface area (Å²) in [5.74, 6) is 2.12. The van der Waals surface area contributed by atoms with Gasteiger partial charge in [-0.3, -0.25) is 4.79 Å². The van der Waals surface area contributed by atoms with Crippen LogP contribution in [0.4, 0.5) is 5.82 Å². The summed E-state index contributed by atoms with van der Waals surface area (Å²) in [6, 6.07) is 9.34. The van der Waals surface area contributed by atoms with Crippen molar-refractivity contribution in [3.05, 3.63) is 36.0 Å². The summed E-state index contributed by atoms with van der Waals surface area (Å²) in [5.41, 5.74) is 0.626. The van der Waals surface area contributed by atoms with Gasteiger partial charge in [0.15, 0.2) is 9.84 Å². The molecule has 1 aliphatic heterocycles. The molecule has 1 N–H and O–H groups in total. The smallest absolute Gasteiger partial charge is 0.226 e. The van der Waals surface area contributed by atoms with Crippen molar-refractivity contribution in [2.75, 3.05) is 29.7 Å². The molecule has 1 aliphatic rings. The number of rotatable bonds is 7. The fraction of sp³-hybridized carbons (Fsp3) is 0.524. The van der Waals surface area contributed by atoms with Crippen LogP contribution in [0, 0.1) is 0 Å². The van der Waals surface area contributed by atoms with Gasteiger partial charge in [-0.2, -0.15) is 5.10 Å². The first-order chi connectivity index (χ1) is 14.1. The van der Waals surface area contributed by atoms with E-state index in [0.29, 0.717) is 24.4 Å². The van der Waals surface area contributed by atoms with Gasteiger partial charge in [0.2, 0.25) is 5.91 Å². The number of hydrogen-bond acceptors (Lipinski definition) is 6. The van der Waals surface area contributed by atoms with Gasteiger partial charge in [0.05, 0.1) is 30.4 Å². The lowest BCUT2D eigenvalue weighted by Crippen LogP contribution is -2.20. The highest BCUT2D eigenvalue weighted by Crippen LogP contribution is 2.31. The minimum atomic E-state index is -3.05. The van der Waals surface area contributed by atoms with E-state index in [1.54, 1.807) is 23.6 Å². The molecule has 1 amide bonds. The molecular formula is C21H29N3O4S2. The fourth-order valence-corrected chi connectivity index (χ4v) is 5.78. The third kappa shape index (κ3) is 5.78. The zero-order valence-corrected chi connectivity index (χ0v) is 19.5. The number of anilines is 1. The number of hydrogen-bond donors (Lipinski definition) is 1. The largest absolute Gasteiger partial charge is 0.497 e. The predicted octanol–water partition coefficient (Wildman–Crippen LogP) is 3.67. The van der Waals surface area contributed by atoms with Crippen LogP contribution in [-0.2, 0) is 20.0 Å². The molecule has 1 atom stereocenters. The van der Waals surface area contributed by atoms with Crippen molar-refractivity contribution in [2.45, 2.75) is 50.0 Å². The molecule has 3 rings (SSSR count). The third-order valence-electron chi connectivity index (χ3n) is 4.98. The minimum absolute atomic E-state index is 0.0639. The van der Waals surface area contributed by atoms with Crippen molar-refractivity contribution in [1.82, 2.24) is 9.78 Å². The van der Waals surface area contributed by atoms with E-state index in [1.165, 1.54) is 0 Å². The van der Waals surface area contributed by atoms with Crippen molar-refractivity contribution in [1.29, 1.82) is 0 Å². The molecule has 2 aromatic rings. The van der Waals surface area contributed by atoms with Crippen LogP contribution in [0.3, 0.4) is 0 Å². The number of sulfone groups is 1. The number of amides is 1. The average Bonchev–Trinajstić information content (AvgIpc) is 3.25. The van der Waals surface area contributed by atoms with Crippen molar-refractivity contribution in [3.63, 3.8) is 0 Å². The van der Waals surface area contributed by atoms with Gasteiger partial charge in [-0.1, -0.05) is 20.8 Å². The summed E-state index contributed by atoms with van der Waals surface area (Å²) in [5, 5.41) is 7.59. The second-order valence-corrected chi connectivity index (χ2v) is 11.9. The summed E-state index contributed by atoms with van der Waals surface area (Å²) in [4.78, 5) is 13.6. The quantitative estimate of drug-likeness (QED) is 0.646. The lowest BCUT2D eigenvalue weighted by atomic mass is 9.92. The molecule has 7 nitrogen and oxygen atoms in total. The molecule has 0 bridgehead atoms. The maximum absolute atomic E-state index is 12.6. The van der Waals surface area contributed by atoms with Gasteiger partial charge in [-0.15, -0.1) is 11.8 Å². The zero-order chi connectivity index (χ0) is 21.9. The molecule has 0 aliphatic carbocycles. The Hall–Kier alpha value is -2.00. The highest BCUT2D eigenvalue weighted by Gasteiger charge is 2.32. The van der Waals surface area contributed by atoms with Gasteiger partial charge >= 0.3 is 0 Å². The van der Waals surface area contributed by atoms with E-state index in [2.05, 4.69) is 10.4 Å². The van der Waals surface area contributed by atoms with Crippen LogP contribution in [0.25, 0.3) is 0 Å². The van der Waals surface area contributed by atoms with Gasteiger partial charge in [-0.25, -0.2) is 13.1 Å². The number of methoxy groups -OCH3 is 1. The molecule has 1 aromatic carbocycles. The number of carbonyl (C=O) groups excluding carboxylic acids is 1. The van der Waals surface area contributed by atoms with Crippen LogP contribution in [-0.4, -0.2) is 48.5 Å². The predicted molar refractivity (Wildman–Crippen MR) is 120 cm³/mol. The van der Waals surface area contributed by atoms with Crippen molar-refractivity contribution >= 4 is 33.3 Å². The summed E-state index contributed by atoms with van der Waals surface area (Å²) >= 11 is 1.60. The molecule has 164 valence electrons. The van der Waals surface area contributed by atoms with Crippen molar-refractivity contribution < 1.29 is 17.9 Å². The van der Waals surface area contributed by atoms with Gasteiger partial charge in [-0.05, 0) is 30.7 Å². The second kappa shape index (κ2) is 9.01. The monoisotopic (exact) mass is 451 g/mol. The number of carbonyl (C=O) groups is 1. The number of thioether (sulfide) groups is 1. The Balaban J connectivity index is 1.65. The number of benzene rings is 1. The van der Waals surface area contributed by atoms with E-state index in [-0.39, 0.29) is 28.9 Å². The maximum Gasteiger partial charge on any atom is 0.226 e. The molecule has 9 heteroatoms. The Labute approximate surface area is 182 Å². The van der Waals surface area contributed by atoms with Crippen molar-refractivity contribution in [2.24, 2.45) is 0 Å². The average molecular weight is 452 g/mol. The minimum Gasteiger partial charge on any atom is -0.497 e. The Bertz CT molecular complexity index is 992. The summed E-state index contributed by atoms with van der Waals surface area (Å²) in [7, 11) is -1.42. The van der Waals surface area contributed by atoms with Gasteiger partial charge in [0.1, 0.15) is 11.6 Å². The topological polar surface area (TPSA) is 90.3 Å². The van der Waals surface area contributed by atoms with Crippen LogP contribution >= 0.6 is 11.8 Å². The van der Waals surface area contributed by atoms with E-state index in [9.17, 15) is 13.2 Å². The Morgan fingerprint density at radius 1 is 1.30 bits per heavy atom. The maximum atomic E-state index is 12.6. The van der Waals surface area contributed by atoms with E-state index in [0.717, 1.165) is 16.3 Å². The first-order valence-corrected chi connectivity index (χ1v) is 12.8. The van der Waals surface area contributed by atoms with Gasteiger partial charge in [0, 0.05) is 28.6 Å². The van der Waals surface area contributed by atoms with E-state index in [1.807, 2.05) is 51.1 Å². The van der Waals surface area contributed by atoms with Crippen LogP contribution < -0.4 is 10.1 Å². The molecule has 0 radical (unpaired) electrons. The van der Waals surface area contributed by atoms with Crippen molar-refractivity contribution in [3.8, 4) is 5.75 Å². The second-order valence-electron chi connectivity index (χ2n) is 8.49. The van der Waals surface area contributed by atoms with Crippen LogP contribution in [0.2, 0.25) is 0 Å². The summed E-state index contributed by atoms with van der Waals surface area (Å²) in [6.07, 6.45) is 0.861. The molecule has 1 aromatic heterocycles. The highest BCUT2D eigenvalue weighted by atomic mass is 32.2. The molecule has 1 fully saturated rings. The van der Waals surface area contributed by atoms with E-state index < -0.39 is 9.84 Å². The number of aromatic nitrogens is 2. The van der Waals surface area contributed by atoms with Crippen LogP contribution in [0.1, 0.15) is 45.3 Å². The first kappa shape index (κ1) is 22.7. The SMILES string of the molecule is COc1ccc(SCCC(=O)Nc2cc(C(C)(C)C)nn2C2CCS(=O)(=O)C2)cc1. The molecule has 1 unspecified atom stereocenters. The zero-order valence-electron chi connectivity index (χ0n) is 17.8. The number of ether oxygens (including phenoxy) is 1. The third-order valence-corrected chi connectivity index (χ3v) is 7.75. The standard InChI is InChI=1S/C21H29N3O4S2/c1-21(2,3)18-13-19(24(23-18)15-10-12-30(26,27)14-15)22-20(25)9-11-29-17-7-5-16(28-4)6-8-17/h5-8,13,15H,9-12,14H2,1-4H3,(H,22,25). The molecule has 30 heavy (non-hydrogen) atoms. The molecule has 0 saturated carbocycles. The lowest BCUT2D eigenvalue weighted by molar-refractivity contribution is -0.115. The Morgan fingerprint density at radius 2 is 2.00 bits per heavy atom. The Morgan fingerprint density at radius 3 is 2.57 bits per heavy atom. The van der Waals surface area contributed by atoms with Crippen LogP contribution in [0.15, 0.2) is 35.2 Å². The normalized spacial score (nSPS) is 18.3. The van der Waals surface area contributed by atoms with Crippen LogP contribution in [0.5, 0.6) is 5.75 Å². The molecule has 2 heterocycles. The fourth-order valence-electron chi connectivity index (χ4n) is 3.24. The van der Waals surface area contributed by atoms with E-state index in [4.69, 9.17) is 4.74 Å². The molecular weight excluding hydrogens is 422 g/mol. The Kier molecular flexibility index (Phi) is 6.81. The van der Waals surface area contributed by atoms with Gasteiger partial charge in [0.25, 0.3) is 0 Å². The number of nitrogens with zero attached hydrogens (tertiary/aromatic N) is 2. The molecule has 1 saturated heterocycles. The highest BCUT2D eigenvalue weighted by molar-refractivity contribution is 7.99. The number of nitrogens with one attached hydrogen (secondary N) is 1. The van der Waals surface area contributed by atoms with E-state index >= 15 is 0 Å². The summed E-state index contributed by atoms with van der Waals surface area (Å²) in [6.45, 7) is 6.13. The summed E-state index contributed by atoms with van der Waals surface area (Å²) < 4.78 is 30.7. The van der Waals surface area contributed by atoms with Gasteiger partial charge < -0.3 is 10.1 Å². The lowest BCUT2D eigenvalue weighted by Gasteiger charge is -2.15. The first-order valence-electron chi connectivity index (χ1n) is 9.94.